The number of benzene rings is 2. The maximum atomic E-state index is 12.5. The van der Waals surface area contributed by atoms with E-state index in [0.717, 1.165) is 22.3 Å². The predicted octanol–water partition coefficient (Wildman–Crippen LogP) is 6.03. The number of nitrogens with zero attached hydrogens (tertiary/aromatic N) is 3. The van der Waals surface area contributed by atoms with E-state index in [1.54, 1.807) is 12.1 Å². The molecule has 5 rings (SSSR count). The summed E-state index contributed by atoms with van der Waals surface area (Å²) in [6.07, 6.45) is 1.90. The molecule has 3 aromatic heterocycles. The van der Waals surface area contributed by atoms with Gasteiger partial charge in [-0.3, -0.25) is 4.40 Å². The monoisotopic (exact) mass is 446 g/mol. The van der Waals surface area contributed by atoms with E-state index in [9.17, 15) is 4.79 Å². The number of rotatable bonds is 3. The number of hydrogen-bond donors (Lipinski definition) is 1. The highest BCUT2D eigenvalue weighted by Gasteiger charge is 2.20. The van der Waals surface area contributed by atoms with Gasteiger partial charge in [-0.1, -0.05) is 53.5 Å². The zero-order valence-electron chi connectivity index (χ0n) is 16.4. The standard InChI is InChI=1S/C24H16Cl2N4O/c1-14-6-2-3-7-16(14)19-13-20(28-24(31)27-19)23-22(17-10-9-15(25)12-18(17)26)29-21-8-4-5-11-30(21)23/h2-13H,1H3,(H,27,28,31). The Morgan fingerprint density at radius 1 is 0.903 bits per heavy atom. The highest BCUT2D eigenvalue weighted by atomic mass is 35.5. The van der Waals surface area contributed by atoms with Gasteiger partial charge in [0.05, 0.1) is 22.1 Å². The summed E-state index contributed by atoms with van der Waals surface area (Å²) in [5, 5.41) is 1.02. The zero-order chi connectivity index (χ0) is 21.5. The van der Waals surface area contributed by atoms with Crippen molar-refractivity contribution in [3.63, 3.8) is 0 Å². The molecule has 3 heterocycles. The number of aromatic amines is 1. The molecule has 0 unspecified atom stereocenters. The average Bonchev–Trinajstić information content (AvgIpc) is 3.13. The minimum Gasteiger partial charge on any atom is -0.304 e. The fraction of sp³-hybridized carbons (Fsp3) is 0.0417. The molecule has 1 N–H and O–H groups in total. The fourth-order valence-corrected chi connectivity index (χ4v) is 4.20. The molecule has 2 aromatic carbocycles. The lowest BCUT2D eigenvalue weighted by molar-refractivity contribution is 1.07. The number of halogens is 2. The number of hydrogen-bond acceptors (Lipinski definition) is 3. The van der Waals surface area contributed by atoms with E-state index in [0.29, 0.717) is 32.8 Å². The number of nitrogens with one attached hydrogen (secondary N) is 1. The summed E-state index contributed by atoms with van der Waals surface area (Å²) in [7, 11) is 0. The Labute approximate surface area is 188 Å². The van der Waals surface area contributed by atoms with Gasteiger partial charge in [0, 0.05) is 22.3 Å². The summed E-state index contributed by atoms with van der Waals surface area (Å²) < 4.78 is 1.92. The second kappa shape index (κ2) is 7.69. The lowest BCUT2D eigenvalue weighted by atomic mass is 10.0. The Morgan fingerprint density at radius 3 is 2.52 bits per heavy atom. The minimum absolute atomic E-state index is 0.435. The summed E-state index contributed by atoms with van der Waals surface area (Å²) >= 11 is 12.6. The summed E-state index contributed by atoms with van der Waals surface area (Å²) in [6.45, 7) is 1.99. The molecule has 0 spiro atoms. The van der Waals surface area contributed by atoms with Gasteiger partial charge < -0.3 is 4.98 Å². The molecular formula is C24H16Cl2N4O. The van der Waals surface area contributed by atoms with E-state index in [1.807, 2.05) is 72.1 Å². The Hall–Kier alpha value is -3.41. The van der Waals surface area contributed by atoms with Gasteiger partial charge in [0.15, 0.2) is 0 Å². The van der Waals surface area contributed by atoms with E-state index in [-0.39, 0.29) is 0 Å². The van der Waals surface area contributed by atoms with Crippen molar-refractivity contribution < 1.29 is 0 Å². The largest absolute Gasteiger partial charge is 0.346 e. The first-order valence-electron chi connectivity index (χ1n) is 9.61. The van der Waals surface area contributed by atoms with Crippen LogP contribution < -0.4 is 5.69 Å². The Kier molecular flexibility index (Phi) is 4.85. The van der Waals surface area contributed by atoms with Crippen molar-refractivity contribution in [1.29, 1.82) is 0 Å². The van der Waals surface area contributed by atoms with Gasteiger partial charge in [-0.2, -0.15) is 4.98 Å². The number of pyridine rings is 1. The third kappa shape index (κ3) is 3.52. The van der Waals surface area contributed by atoms with Crippen molar-refractivity contribution in [2.75, 3.05) is 0 Å². The molecule has 0 saturated heterocycles. The van der Waals surface area contributed by atoms with Crippen molar-refractivity contribution in [2.24, 2.45) is 0 Å². The topological polar surface area (TPSA) is 63.1 Å². The van der Waals surface area contributed by atoms with E-state index >= 15 is 0 Å². The van der Waals surface area contributed by atoms with Gasteiger partial charge in [0.1, 0.15) is 11.3 Å². The van der Waals surface area contributed by atoms with Crippen LogP contribution in [0.2, 0.25) is 10.0 Å². The van der Waals surface area contributed by atoms with Gasteiger partial charge >= 0.3 is 5.69 Å². The van der Waals surface area contributed by atoms with Gasteiger partial charge in [-0.25, -0.2) is 9.78 Å². The van der Waals surface area contributed by atoms with Gasteiger partial charge in [-0.15, -0.1) is 0 Å². The van der Waals surface area contributed by atoms with Crippen LogP contribution in [-0.4, -0.2) is 19.4 Å². The SMILES string of the molecule is Cc1ccccc1-c1cc(-c2c(-c3ccc(Cl)cc3Cl)nc3ccccn23)[nH]c(=O)n1. The molecule has 0 atom stereocenters. The molecule has 0 aliphatic heterocycles. The van der Waals surface area contributed by atoms with Gasteiger partial charge in [-0.05, 0) is 48.9 Å². The number of aromatic nitrogens is 4. The number of aryl methyl sites for hydroxylation is 1. The second-order valence-corrected chi connectivity index (χ2v) is 8.01. The van der Waals surface area contributed by atoms with Crippen LogP contribution in [0.5, 0.6) is 0 Å². The van der Waals surface area contributed by atoms with E-state index in [4.69, 9.17) is 28.2 Å². The molecule has 152 valence electrons. The molecule has 0 radical (unpaired) electrons. The maximum absolute atomic E-state index is 12.5. The molecule has 5 aromatic rings. The third-order valence-corrected chi connectivity index (χ3v) is 5.68. The first kappa shape index (κ1) is 19.5. The van der Waals surface area contributed by atoms with Crippen LogP contribution in [0.3, 0.4) is 0 Å². The maximum Gasteiger partial charge on any atom is 0.346 e. The minimum atomic E-state index is -0.435. The van der Waals surface area contributed by atoms with E-state index in [2.05, 4.69) is 9.97 Å². The highest BCUT2D eigenvalue weighted by Crippen LogP contribution is 2.37. The van der Waals surface area contributed by atoms with Crippen molar-refractivity contribution >= 4 is 28.8 Å². The molecule has 0 amide bonds. The van der Waals surface area contributed by atoms with Crippen molar-refractivity contribution in [2.45, 2.75) is 6.92 Å². The molecule has 0 bridgehead atoms. The van der Waals surface area contributed by atoms with Crippen LogP contribution >= 0.6 is 23.2 Å². The first-order valence-corrected chi connectivity index (χ1v) is 10.4. The average molecular weight is 447 g/mol. The molecule has 0 fully saturated rings. The van der Waals surface area contributed by atoms with Crippen LogP contribution in [0.4, 0.5) is 0 Å². The lowest BCUT2D eigenvalue weighted by Gasteiger charge is -2.10. The summed E-state index contributed by atoms with van der Waals surface area (Å²) in [5.41, 5.74) is 5.50. The fourth-order valence-electron chi connectivity index (χ4n) is 3.71. The lowest BCUT2D eigenvalue weighted by Crippen LogP contribution is -2.13. The smallest absolute Gasteiger partial charge is 0.304 e. The van der Waals surface area contributed by atoms with E-state index in [1.165, 1.54) is 0 Å². The summed E-state index contributed by atoms with van der Waals surface area (Å²) in [5.74, 6) is 0. The summed E-state index contributed by atoms with van der Waals surface area (Å²) in [6, 6.07) is 20.7. The third-order valence-electron chi connectivity index (χ3n) is 5.14. The van der Waals surface area contributed by atoms with E-state index < -0.39 is 5.69 Å². The highest BCUT2D eigenvalue weighted by molar-refractivity contribution is 6.36. The first-order chi connectivity index (χ1) is 15.0. The normalized spacial score (nSPS) is 11.2. The molecule has 0 aliphatic carbocycles. The summed E-state index contributed by atoms with van der Waals surface area (Å²) in [4.78, 5) is 24.4. The van der Waals surface area contributed by atoms with Gasteiger partial charge in [0.25, 0.3) is 0 Å². The Bertz CT molecular complexity index is 1500. The molecule has 5 nitrogen and oxygen atoms in total. The Morgan fingerprint density at radius 2 is 1.71 bits per heavy atom. The molecule has 0 aliphatic rings. The molecule has 0 saturated carbocycles. The molecule has 31 heavy (non-hydrogen) atoms. The Balaban J connectivity index is 1.82. The number of imidazole rings is 1. The van der Waals surface area contributed by atoms with Crippen LogP contribution in [-0.2, 0) is 0 Å². The zero-order valence-corrected chi connectivity index (χ0v) is 17.9. The van der Waals surface area contributed by atoms with Crippen LogP contribution in [0.25, 0.3) is 39.5 Å². The quantitative estimate of drug-likeness (QED) is 0.367. The predicted molar refractivity (Wildman–Crippen MR) is 125 cm³/mol. The van der Waals surface area contributed by atoms with Crippen molar-refractivity contribution in [1.82, 2.24) is 19.4 Å². The van der Waals surface area contributed by atoms with Crippen LogP contribution in [0.15, 0.2) is 77.7 Å². The van der Waals surface area contributed by atoms with Crippen molar-refractivity contribution in [3.8, 4) is 33.9 Å². The van der Waals surface area contributed by atoms with Crippen LogP contribution in [0, 0.1) is 6.92 Å². The molecular weight excluding hydrogens is 431 g/mol. The van der Waals surface area contributed by atoms with Crippen LogP contribution in [0.1, 0.15) is 5.56 Å². The second-order valence-electron chi connectivity index (χ2n) is 7.16. The van der Waals surface area contributed by atoms with Crippen molar-refractivity contribution in [3.05, 3.63) is 99.0 Å². The number of H-pyrrole nitrogens is 1. The van der Waals surface area contributed by atoms with Gasteiger partial charge in [0.2, 0.25) is 0 Å². The molecule has 7 heteroatoms. The number of fused-ring (bicyclic) bond motifs is 1.